The molecule has 2 aromatic rings. The molecule has 1 nitrogen and oxygen atoms in total. The fourth-order valence-electron chi connectivity index (χ4n) is 19.8. The zero-order valence-corrected chi connectivity index (χ0v) is 71.9. The molecule has 2 atom stereocenters. The minimum absolute atomic E-state index is 0.332. The molecule has 0 aromatic heterocycles. The van der Waals surface area contributed by atoms with Crippen molar-refractivity contribution in [3.05, 3.63) is 63.2 Å². The summed E-state index contributed by atoms with van der Waals surface area (Å²) in [6.45, 7) is 108. The molecule has 3 rings (SSSR count). The minimum atomic E-state index is -3.68. The molecule has 0 saturated carbocycles. The van der Waals surface area contributed by atoms with Gasteiger partial charge in [-0.1, -0.05) is 0 Å². The Kier molecular flexibility index (Phi) is 19.7. The molecule has 422 valence electrons. The summed E-state index contributed by atoms with van der Waals surface area (Å²) in [6.07, 6.45) is 0. The summed E-state index contributed by atoms with van der Waals surface area (Å²) in [7, 11) is -23.3. The van der Waals surface area contributed by atoms with Crippen LogP contribution >= 0.6 is 0 Å². The average molecular weight is 1280 g/mol. The second kappa shape index (κ2) is 20.9. The van der Waals surface area contributed by atoms with Crippen LogP contribution in [0.5, 0.6) is 0 Å². The van der Waals surface area contributed by atoms with E-state index in [0.29, 0.717) is 24.2 Å². The van der Waals surface area contributed by atoms with Gasteiger partial charge in [0.15, 0.2) is 0 Å². The van der Waals surface area contributed by atoms with Crippen LogP contribution in [0.3, 0.4) is 0 Å². The Morgan fingerprint density at radius 2 is 0.671 bits per heavy atom. The Balaban J connectivity index is 3.16. The Hall–Kier alpha value is 1.76. The van der Waals surface area contributed by atoms with Gasteiger partial charge in [0.05, 0.1) is 0 Å². The van der Waals surface area contributed by atoms with Crippen molar-refractivity contribution in [3.8, 4) is 0 Å². The molecule has 0 fully saturated rings. The van der Waals surface area contributed by atoms with E-state index in [4.69, 9.17) is 3.45 Å². The first-order valence-electron chi connectivity index (χ1n) is 29.5. The van der Waals surface area contributed by atoms with Crippen molar-refractivity contribution in [1.82, 2.24) is 0 Å². The molecular weight excluding hydrogens is 1150 g/mol. The van der Waals surface area contributed by atoms with E-state index in [0.717, 1.165) is 5.16 Å². The summed E-state index contributed by atoms with van der Waals surface area (Å²) < 4.78 is 11.7. The molecular formula is C58H128GeOSi13. The Bertz CT molecular complexity index is 2140. The molecule has 0 radical (unpaired) electrons. The molecule has 1 aliphatic rings. The van der Waals surface area contributed by atoms with Crippen molar-refractivity contribution < 1.29 is 3.45 Å². The van der Waals surface area contributed by atoms with Gasteiger partial charge in [0.2, 0.25) is 0 Å². The topological polar surface area (TPSA) is 9.23 Å². The van der Waals surface area contributed by atoms with Gasteiger partial charge >= 0.3 is 480 Å². The van der Waals surface area contributed by atoms with E-state index >= 15 is 0 Å². The summed E-state index contributed by atoms with van der Waals surface area (Å²) in [6, 6.07) is 12.2. The first-order chi connectivity index (χ1) is 31.4. The molecule has 1 heterocycles. The van der Waals surface area contributed by atoms with Crippen LogP contribution in [0.1, 0.15) is 64.0 Å². The first kappa shape index (κ1) is 69.0. The van der Waals surface area contributed by atoms with E-state index in [1.807, 2.05) is 37.8 Å². The van der Waals surface area contributed by atoms with Gasteiger partial charge < -0.3 is 0 Å². The quantitative estimate of drug-likeness (QED) is 0.113. The second-order valence-corrected chi connectivity index (χ2v) is 119. The van der Waals surface area contributed by atoms with Crippen LogP contribution in [0.4, 0.5) is 0 Å². The summed E-state index contributed by atoms with van der Waals surface area (Å²) in [4.78, 5) is 0. The van der Waals surface area contributed by atoms with Gasteiger partial charge in [-0.05, 0) is 0 Å². The van der Waals surface area contributed by atoms with Gasteiger partial charge in [-0.25, -0.2) is 0 Å². The standard InChI is InChI=1S/C58H128GeOSi13/c1-61(2,3)53-49-42-46(58(70(28,29)30,71(31,32)33)72(34,35)36)43-50(57(68(22,23)24)69(25,26)27)52(49)59(53,60-73(37,38)39)44-51-47(55(64(10,11)12)65(13,14)15)40-45(54(62(4,5)6)63(7,8)9)41-48(51)56(66(16,17)18)67(19,20)21/h40-43,53-57H,44H2,1-39H3. The molecule has 0 saturated heterocycles. The van der Waals surface area contributed by atoms with E-state index in [1.165, 1.54) is 5.25 Å². The van der Waals surface area contributed by atoms with Crippen molar-refractivity contribution in [2.75, 3.05) is 0 Å². The third-order valence-electron chi connectivity index (χ3n) is 17.5. The van der Waals surface area contributed by atoms with Crippen LogP contribution in [0.25, 0.3) is 0 Å². The van der Waals surface area contributed by atoms with Crippen LogP contribution in [0, 0.1) is 0 Å². The van der Waals surface area contributed by atoms with Crippen LogP contribution in [-0.2, 0) is 13.0 Å². The van der Waals surface area contributed by atoms with Crippen molar-refractivity contribution >= 4 is 123 Å². The van der Waals surface area contributed by atoms with E-state index in [2.05, 4.69) is 280 Å². The SMILES string of the molecule is C[Si](C)(C)[O][Ge]1([CH2]c2c(C([Si](C)(C)C)[Si](C)(C)C)cc(C([Si](C)(C)C)[Si](C)(C)C)cc2C([Si](C)(C)C)[Si](C)(C)C)[c]2c(C([Si](C)(C)C)[Si](C)(C)C)cc(C([Si](C)(C)C)([Si](C)(C)C)[Si](C)(C)C)cc2[CH]1[Si](C)(C)C. The van der Waals surface area contributed by atoms with E-state index in [-0.39, 0.29) is 0 Å². The van der Waals surface area contributed by atoms with Crippen LogP contribution in [-0.4, -0.2) is 119 Å². The van der Waals surface area contributed by atoms with Crippen LogP contribution in [0.15, 0.2) is 24.3 Å². The third kappa shape index (κ3) is 14.2. The second-order valence-electron chi connectivity index (χ2n) is 38.4. The van der Waals surface area contributed by atoms with E-state index in [9.17, 15) is 0 Å². The van der Waals surface area contributed by atoms with E-state index < -0.39 is 119 Å². The summed E-state index contributed by atoms with van der Waals surface area (Å²) in [5.74, 6) is 0. The van der Waals surface area contributed by atoms with Gasteiger partial charge in [0.25, 0.3) is 0 Å². The van der Waals surface area contributed by atoms with Crippen molar-refractivity contribution in [3.63, 3.8) is 0 Å². The first-order valence-corrected chi connectivity index (χ1v) is 80.2. The number of hydrogen-bond acceptors (Lipinski definition) is 1. The average Bonchev–Trinajstić information content (AvgIpc) is 2.96. The number of fused-ring (bicyclic) bond motifs is 1. The van der Waals surface area contributed by atoms with Crippen molar-refractivity contribution in [1.29, 1.82) is 0 Å². The maximum atomic E-state index is 8.85. The Morgan fingerprint density at radius 3 is 0.918 bits per heavy atom. The molecule has 15 heteroatoms. The molecule has 0 aliphatic carbocycles. The zero-order chi connectivity index (χ0) is 58.2. The molecule has 1 aliphatic heterocycles. The zero-order valence-electron chi connectivity index (χ0n) is 56.8. The predicted molar refractivity (Wildman–Crippen MR) is 382 cm³/mol. The fraction of sp³-hybridized carbons (Fsp3) is 0.793. The van der Waals surface area contributed by atoms with Crippen molar-refractivity contribution in [2.45, 2.75) is 290 Å². The van der Waals surface area contributed by atoms with Gasteiger partial charge in [-0.15, -0.1) is 0 Å². The number of rotatable bonds is 21. The van der Waals surface area contributed by atoms with Gasteiger partial charge in [-0.2, -0.15) is 0 Å². The van der Waals surface area contributed by atoms with Crippen LogP contribution in [0.2, 0.25) is 255 Å². The summed E-state index contributed by atoms with van der Waals surface area (Å²) in [5.41, 5.74) is 13.0. The summed E-state index contributed by atoms with van der Waals surface area (Å²) >= 11 is -3.68. The van der Waals surface area contributed by atoms with Gasteiger partial charge in [0.1, 0.15) is 0 Å². The number of hydrogen-bond donors (Lipinski definition) is 0. The molecule has 0 spiro atoms. The summed E-state index contributed by atoms with van der Waals surface area (Å²) in [5, 5.41) is 4.01. The van der Waals surface area contributed by atoms with Gasteiger partial charge in [0, 0.05) is 0 Å². The molecule has 0 bridgehead atoms. The Morgan fingerprint density at radius 1 is 0.384 bits per heavy atom. The molecule has 0 amide bonds. The predicted octanol–water partition coefficient (Wildman–Crippen LogP) is 20.2. The van der Waals surface area contributed by atoms with Crippen molar-refractivity contribution in [2.24, 2.45) is 0 Å². The normalized spacial score (nSPS) is 19.1. The number of benzene rings is 2. The van der Waals surface area contributed by atoms with Gasteiger partial charge in [-0.3, -0.25) is 0 Å². The van der Waals surface area contributed by atoms with E-state index in [1.54, 1.807) is 5.56 Å². The van der Waals surface area contributed by atoms with Crippen LogP contribution < -0.4 is 4.40 Å². The molecule has 2 aromatic carbocycles. The molecule has 73 heavy (non-hydrogen) atoms. The fourth-order valence-corrected chi connectivity index (χ4v) is 133. The molecule has 0 N–H and O–H groups in total. The monoisotopic (exact) mass is 1280 g/mol. The Labute approximate surface area is 475 Å². The molecule has 2 unspecified atom stereocenters. The maximum absolute atomic E-state index is 8.85. The third-order valence-corrected chi connectivity index (χ3v) is 100.